The molecular weight excluding hydrogens is 444 g/mol. The average molecular weight is 455 g/mol. The molecule has 0 aliphatic heterocycles. The van der Waals surface area contributed by atoms with E-state index in [0.29, 0.717) is 6.54 Å². The molecule has 0 aliphatic rings. The van der Waals surface area contributed by atoms with Crippen molar-refractivity contribution in [3.05, 3.63) is 47.9 Å². The third kappa shape index (κ3) is 3.57. The van der Waals surface area contributed by atoms with Crippen LogP contribution in [0, 0.1) is 0 Å². The molecule has 0 bridgehead atoms. The van der Waals surface area contributed by atoms with Gasteiger partial charge in [0, 0.05) is 26.1 Å². The molecule has 0 radical (unpaired) electrons. The largest absolute Gasteiger partial charge is 0.376 e. The van der Waals surface area contributed by atoms with Crippen LogP contribution in [0.1, 0.15) is 10.9 Å². The summed E-state index contributed by atoms with van der Waals surface area (Å²) in [5.41, 5.74) is 6.91. The third-order valence-electron chi connectivity index (χ3n) is 2.41. The molecule has 2 rings (SSSR count). The van der Waals surface area contributed by atoms with Crippen molar-refractivity contribution >= 4 is 64.8 Å². The summed E-state index contributed by atoms with van der Waals surface area (Å²) in [6.07, 6.45) is 0. The highest BCUT2D eigenvalue weighted by Crippen LogP contribution is 2.36. The first-order chi connectivity index (χ1) is 8.60. The molecule has 1 aromatic heterocycles. The first kappa shape index (κ1) is 14.5. The highest BCUT2D eigenvalue weighted by Gasteiger charge is 2.14. The predicted octanol–water partition coefficient (Wildman–Crippen LogP) is 5.15. The standard InChI is InChI=1S/C12H11Br3N2S/c13-7-2-1-3-8(4-7)17-10(6-16)11-5-9(14)12(15)18-11/h1-5,10,17H,6,16H2. The van der Waals surface area contributed by atoms with Gasteiger partial charge >= 0.3 is 0 Å². The number of rotatable bonds is 4. The van der Waals surface area contributed by atoms with Crippen LogP contribution in [0.25, 0.3) is 0 Å². The molecule has 3 N–H and O–H groups in total. The van der Waals surface area contributed by atoms with Gasteiger partial charge in [0.2, 0.25) is 0 Å². The SMILES string of the molecule is NCC(Nc1cccc(Br)c1)c1cc(Br)c(Br)s1. The van der Waals surface area contributed by atoms with Crippen LogP contribution < -0.4 is 11.1 Å². The fourth-order valence-electron chi connectivity index (χ4n) is 1.56. The van der Waals surface area contributed by atoms with E-state index < -0.39 is 0 Å². The lowest BCUT2D eigenvalue weighted by molar-refractivity contribution is 0.805. The van der Waals surface area contributed by atoms with Gasteiger partial charge < -0.3 is 11.1 Å². The molecule has 2 aromatic rings. The fraction of sp³-hybridized carbons (Fsp3) is 0.167. The molecule has 18 heavy (non-hydrogen) atoms. The van der Waals surface area contributed by atoms with Gasteiger partial charge in [-0.05, 0) is 56.1 Å². The molecule has 0 saturated carbocycles. The number of anilines is 1. The first-order valence-electron chi connectivity index (χ1n) is 5.27. The van der Waals surface area contributed by atoms with Crippen LogP contribution in [0.15, 0.2) is 43.1 Å². The zero-order chi connectivity index (χ0) is 13.1. The molecule has 1 atom stereocenters. The van der Waals surface area contributed by atoms with Gasteiger partial charge in [-0.25, -0.2) is 0 Å². The van der Waals surface area contributed by atoms with E-state index in [4.69, 9.17) is 5.73 Å². The number of thiophene rings is 1. The maximum atomic E-state index is 5.85. The topological polar surface area (TPSA) is 38.0 Å². The van der Waals surface area contributed by atoms with E-state index in [2.05, 4.69) is 59.2 Å². The summed E-state index contributed by atoms with van der Waals surface area (Å²) < 4.78 is 3.21. The van der Waals surface area contributed by atoms with Crippen LogP contribution >= 0.6 is 59.1 Å². The molecule has 96 valence electrons. The van der Waals surface area contributed by atoms with Crippen LogP contribution in [-0.4, -0.2) is 6.54 Å². The second-order valence-corrected chi connectivity index (χ2v) is 7.89. The Morgan fingerprint density at radius 3 is 2.56 bits per heavy atom. The Morgan fingerprint density at radius 2 is 2.00 bits per heavy atom. The number of nitrogens with two attached hydrogens (primary N) is 1. The lowest BCUT2D eigenvalue weighted by atomic mass is 10.2. The van der Waals surface area contributed by atoms with Crippen LogP contribution in [0.4, 0.5) is 5.69 Å². The van der Waals surface area contributed by atoms with Crippen molar-refractivity contribution in [2.75, 3.05) is 11.9 Å². The Balaban J connectivity index is 2.19. The molecule has 1 aromatic carbocycles. The summed E-state index contributed by atoms with van der Waals surface area (Å²) in [5.74, 6) is 0. The summed E-state index contributed by atoms with van der Waals surface area (Å²) in [6, 6.07) is 10.3. The lowest BCUT2D eigenvalue weighted by Crippen LogP contribution is -2.19. The summed E-state index contributed by atoms with van der Waals surface area (Å²) in [6.45, 7) is 0.548. The summed E-state index contributed by atoms with van der Waals surface area (Å²) in [7, 11) is 0. The zero-order valence-corrected chi connectivity index (χ0v) is 14.9. The van der Waals surface area contributed by atoms with E-state index in [9.17, 15) is 0 Å². The second kappa shape index (κ2) is 6.52. The Hall–Kier alpha value is 0.120. The average Bonchev–Trinajstić information content (AvgIpc) is 2.66. The van der Waals surface area contributed by atoms with E-state index >= 15 is 0 Å². The molecule has 1 heterocycles. The van der Waals surface area contributed by atoms with Crippen molar-refractivity contribution in [2.24, 2.45) is 5.73 Å². The summed E-state index contributed by atoms with van der Waals surface area (Å²) >= 11 is 12.2. The van der Waals surface area contributed by atoms with Crippen LogP contribution in [0.2, 0.25) is 0 Å². The van der Waals surface area contributed by atoms with Crippen LogP contribution in [0.5, 0.6) is 0 Å². The van der Waals surface area contributed by atoms with E-state index in [1.165, 1.54) is 4.88 Å². The zero-order valence-electron chi connectivity index (χ0n) is 9.29. The molecule has 2 nitrogen and oxygen atoms in total. The first-order valence-corrected chi connectivity index (χ1v) is 8.46. The van der Waals surface area contributed by atoms with E-state index in [1.54, 1.807) is 11.3 Å². The minimum atomic E-state index is 0.117. The molecule has 6 heteroatoms. The summed E-state index contributed by atoms with van der Waals surface area (Å²) in [5, 5.41) is 3.44. The Kier molecular flexibility index (Phi) is 5.26. The molecule has 0 saturated heterocycles. The fourth-order valence-corrected chi connectivity index (χ4v) is 4.11. The monoisotopic (exact) mass is 452 g/mol. The van der Waals surface area contributed by atoms with Gasteiger partial charge in [0.15, 0.2) is 0 Å². The molecule has 1 unspecified atom stereocenters. The maximum Gasteiger partial charge on any atom is 0.0844 e. The van der Waals surface area contributed by atoms with Crippen molar-refractivity contribution in [1.29, 1.82) is 0 Å². The van der Waals surface area contributed by atoms with Gasteiger partial charge in [0.1, 0.15) is 0 Å². The van der Waals surface area contributed by atoms with Crippen molar-refractivity contribution in [3.63, 3.8) is 0 Å². The molecule has 0 fully saturated rings. The smallest absolute Gasteiger partial charge is 0.0844 e. The Bertz CT molecular complexity index is 522. The minimum absolute atomic E-state index is 0.117. The van der Waals surface area contributed by atoms with E-state index in [-0.39, 0.29) is 6.04 Å². The number of halogens is 3. The van der Waals surface area contributed by atoms with Crippen molar-refractivity contribution in [3.8, 4) is 0 Å². The quantitative estimate of drug-likeness (QED) is 0.670. The van der Waals surface area contributed by atoms with Gasteiger partial charge in [0.25, 0.3) is 0 Å². The van der Waals surface area contributed by atoms with Crippen molar-refractivity contribution < 1.29 is 0 Å². The molecule has 0 spiro atoms. The van der Waals surface area contributed by atoms with E-state index in [1.807, 2.05) is 24.3 Å². The minimum Gasteiger partial charge on any atom is -0.376 e. The lowest BCUT2D eigenvalue weighted by Gasteiger charge is -2.16. The Labute approximate surface area is 135 Å². The summed E-state index contributed by atoms with van der Waals surface area (Å²) in [4.78, 5) is 1.20. The van der Waals surface area contributed by atoms with E-state index in [0.717, 1.165) is 18.4 Å². The predicted molar refractivity (Wildman–Crippen MR) is 89.3 cm³/mol. The van der Waals surface area contributed by atoms with Gasteiger partial charge in [0.05, 0.1) is 9.83 Å². The van der Waals surface area contributed by atoms with Gasteiger partial charge in [-0.1, -0.05) is 22.0 Å². The van der Waals surface area contributed by atoms with Gasteiger partial charge in [-0.15, -0.1) is 11.3 Å². The Morgan fingerprint density at radius 1 is 1.22 bits per heavy atom. The van der Waals surface area contributed by atoms with Gasteiger partial charge in [-0.3, -0.25) is 0 Å². The van der Waals surface area contributed by atoms with Crippen LogP contribution in [0.3, 0.4) is 0 Å². The molecule has 0 aliphatic carbocycles. The van der Waals surface area contributed by atoms with Crippen molar-refractivity contribution in [2.45, 2.75) is 6.04 Å². The van der Waals surface area contributed by atoms with Gasteiger partial charge in [-0.2, -0.15) is 0 Å². The molecule has 0 amide bonds. The highest BCUT2D eigenvalue weighted by atomic mass is 79.9. The number of nitrogens with one attached hydrogen (secondary N) is 1. The normalized spacial score (nSPS) is 12.4. The third-order valence-corrected chi connectivity index (χ3v) is 6.27. The number of hydrogen-bond acceptors (Lipinski definition) is 3. The second-order valence-electron chi connectivity index (χ2n) is 3.71. The van der Waals surface area contributed by atoms with Crippen LogP contribution in [-0.2, 0) is 0 Å². The number of benzene rings is 1. The highest BCUT2D eigenvalue weighted by molar-refractivity contribution is 9.13. The maximum absolute atomic E-state index is 5.85. The number of hydrogen-bond donors (Lipinski definition) is 2. The van der Waals surface area contributed by atoms with Crippen molar-refractivity contribution in [1.82, 2.24) is 0 Å². The molecular formula is C12H11Br3N2S.